The van der Waals surface area contributed by atoms with Gasteiger partial charge in [-0.2, -0.15) is 13.2 Å². The van der Waals surface area contributed by atoms with Crippen LogP contribution < -0.4 is 0 Å². The first kappa shape index (κ1) is 24.9. The minimum atomic E-state index is -4.41. The Kier molecular flexibility index (Phi) is 6.91. The molecule has 1 aliphatic rings. The zero-order valence-corrected chi connectivity index (χ0v) is 20.4. The molecule has 0 aliphatic carbocycles. The lowest BCUT2D eigenvalue weighted by Gasteiger charge is -2.30. The number of carboxylic acids is 1. The molecular weight excluding hydrogens is 488 g/mol. The van der Waals surface area contributed by atoms with Crippen molar-refractivity contribution in [1.82, 2.24) is 9.47 Å². The Balaban J connectivity index is 1.63. The van der Waals surface area contributed by atoms with E-state index < -0.39 is 17.7 Å². The van der Waals surface area contributed by atoms with Gasteiger partial charge in [0.15, 0.2) is 0 Å². The SMILES string of the molecule is Cc1cc(C(F)(F)F)cc2c1c(Cc1c(Cl)ccc(CN3CCC(C(=O)O)CC3)c1Cl)cn2C. The molecule has 0 unspecified atom stereocenters. The highest BCUT2D eigenvalue weighted by Crippen LogP contribution is 2.37. The number of likely N-dealkylation sites (tertiary alicyclic amines) is 1. The first-order chi connectivity index (χ1) is 16.0. The Labute approximate surface area is 205 Å². The van der Waals surface area contributed by atoms with Gasteiger partial charge >= 0.3 is 12.1 Å². The predicted octanol–water partition coefficient (Wildman–Crippen LogP) is 6.70. The molecule has 2 aromatic carbocycles. The van der Waals surface area contributed by atoms with Crippen molar-refractivity contribution in [2.24, 2.45) is 13.0 Å². The summed E-state index contributed by atoms with van der Waals surface area (Å²) in [5.74, 6) is -1.06. The first-order valence-corrected chi connectivity index (χ1v) is 11.8. The van der Waals surface area contributed by atoms with E-state index in [2.05, 4.69) is 4.90 Å². The van der Waals surface area contributed by atoms with Crippen molar-refractivity contribution in [3.63, 3.8) is 0 Å². The summed E-state index contributed by atoms with van der Waals surface area (Å²) in [6, 6.07) is 6.02. The van der Waals surface area contributed by atoms with Crippen LogP contribution in [0.4, 0.5) is 13.2 Å². The van der Waals surface area contributed by atoms with E-state index in [4.69, 9.17) is 23.2 Å². The Morgan fingerprint density at radius 3 is 2.44 bits per heavy atom. The van der Waals surface area contributed by atoms with Gasteiger partial charge in [-0.25, -0.2) is 0 Å². The van der Waals surface area contributed by atoms with Gasteiger partial charge in [-0.05, 0) is 73.3 Å². The summed E-state index contributed by atoms with van der Waals surface area (Å²) in [6.45, 7) is 3.62. The maximum Gasteiger partial charge on any atom is 0.416 e. The Morgan fingerprint density at radius 1 is 1.15 bits per heavy atom. The molecule has 2 heterocycles. The van der Waals surface area contributed by atoms with E-state index in [0.29, 0.717) is 60.0 Å². The molecule has 0 atom stereocenters. The number of benzene rings is 2. The van der Waals surface area contributed by atoms with Gasteiger partial charge in [-0.15, -0.1) is 0 Å². The molecule has 0 spiro atoms. The zero-order chi connectivity index (χ0) is 24.8. The van der Waals surface area contributed by atoms with Crippen molar-refractivity contribution in [3.8, 4) is 0 Å². The number of aromatic nitrogens is 1. The quantitative estimate of drug-likeness (QED) is 0.413. The molecular formula is C25H25Cl2F3N2O2. The second kappa shape index (κ2) is 9.44. The number of alkyl halides is 3. The molecule has 4 nitrogen and oxygen atoms in total. The normalized spacial score (nSPS) is 15.9. The standard InChI is InChI=1S/C25H25Cl2F3N2O2/c1-14-9-18(25(28,29)30)11-21-22(14)17(12-31(21)2)10-19-20(26)4-3-16(23(19)27)13-32-7-5-15(6-8-32)24(33)34/h3-4,9,11-12,15H,5-8,10,13H2,1-2H3,(H,33,34). The van der Waals surface area contributed by atoms with E-state index in [-0.39, 0.29) is 5.92 Å². The number of hydrogen-bond donors (Lipinski definition) is 1. The molecule has 9 heteroatoms. The third-order valence-corrected chi connectivity index (χ3v) is 7.48. The lowest BCUT2D eigenvalue weighted by molar-refractivity contribution is -0.143. The van der Waals surface area contributed by atoms with E-state index in [9.17, 15) is 23.1 Å². The van der Waals surface area contributed by atoms with Crippen LogP contribution in [0.5, 0.6) is 0 Å². The van der Waals surface area contributed by atoms with Gasteiger partial charge in [-0.1, -0.05) is 29.3 Å². The van der Waals surface area contributed by atoms with Crippen LogP contribution in [0.2, 0.25) is 10.0 Å². The highest BCUT2D eigenvalue weighted by atomic mass is 35.5. The average molecular weight is 513 g/mol. The number of carbonyl (C=O) groups is 1. The minimum Gasteiger partial charge on any atom is -0.481 e. The maximum absolute atomic E-state index is 13.3. The maximum atomic E-state index is 13.3. The summed E-state index contributed by atoms with van der Waals surface area (Å²) in [4.78, 5) is 13.4. The third-order valence-electron chi connectivity index (χ3n) is 6.66. The molecule has 34 heavy (non-hydrogen) atoms. The van der Waals surface area contributed by atoms with Gasteiger partial charge in [0.2, 0.25) is 0 Å². The van der Waals surface area contributed by atoms with Gasteiger partial charge in [0.25, 0.3) is 0 Å². The molecule has 0 amide bonds. The number of halogens is 5. The summed E-state index contributed by atoms with van der Waals surface area (Å²) in [6.07, 6.45) is -1.00. The summed E-state index contributed by atoms with van der Waals surface area (Å²) in [5, 5.41) is 11.0. The van der Waals surface area contributed by atoms with E-state index in [1.807, 2.05) is 12.3 Å². The van der Waals surface area contributed by atoms with Crippen molar-refractivity contribution in [2.45, 2.75) is 38.9 Å². The summed E-state index contributed by atoms with van der Waals surface area (Å²) in [5.41, 5.74) is 2.86. The molecule has 1 fully saturated rings. The molecule has 1 saturated heterocycles. The first-order valence-electron chi connectivity index (χ1n) is 11.0. The fourth-order valence-corrected chi connectivity index (χ4v) is 5.39. The van der Waals surface area contributed by atoms with Gasteiger partial charge in [-0.3, -0.25) is 9.69 Å². The number of piperidine rings is 1. The molecule has 1 aromatic heterocycles. The smallest absolute Gasteiger partial charge is 0.416 e. The third kappa shape index (κ3) is 4.92. The molecule has 0 bridgehead atoms. The van der Waals surface area contributed by atoms with E-state index in [0.717, 1.165) is 22.1 Å². The summed E-state index contributed by atoms with van der Waals surface area (Å²) < 4.78 is 41.6. The number of hydrogen-bond acceptors (Lipinski definition) is 2. The second-order valence-corrected chi connectivity index (χ2v) is 9.80. The van der Waals surface area contributed by atoms with Crippen LogP contribution in [0.1, 0.15) is 40.7 Å². The summed E-state index contributed by atoms with van der Waals surface area (Å²) >= 11 is 13.3. The van der Waals surface area contributed by atoms with Gasteiger partial charge in [0.1, 0.15) is 0 Å². The predicted molar refractivity (Wildman–Crippen MR) is 128 cm³/mol. The van der Waals surface area contributed by atoms with Gasteiger partial charge < -0.3 is 9.67 Å². The minimum absolute atomic E-state index is 0.306. The zero-order valence-electron chi connectivity index (χ0n) is 18.8. The molecule has 3 aromatic rings. The lowest BCUT2D eigenvalue weighted by Crippen LogP contribution is -2.35. The van der Waals surface area contributed by atoms with Crippen LogP contribution in [0.3, 0.4) is 0 Å². The number of nitrogens with zero attached hydrogens (tertiary/aromatic N) is 2. The number of aryl methyl sites for hydroxylation is 2. The monoisotopic (exact) mass is 512 g/mol. The van der Waals surface area contributed by atoms with Crippen molar-refractivity contribution in [3.05, 3.63) is 68.3 Å². The van der Waals surface area contributed by atoms with Crippen LogP contribution in [0.25, 0.3) is 10.9 Å². The Bertz CT molecular complexity index is 1250. The molecule has 1 aliphatic heterocycles. The largest absolute Gasteiger partial charge is 0.481 e. The fraction of sp³-hybridized carbons (Fsp3) is 0.400. The average Bonchev–Trinajstić information content (AvgIpc) is 3.09. The Morgan fingerprint density at radius 2 is 1.82 bits per heavy atom. The number of fused-ring (bicyclic) bond motifs is 1. The molecule has 182 valence electrons. The van der Waals surface area contributed by atoms with Crippen molar-refractivity contribution < 1.29 is 23.1 Å². The number of aliphatic carboxylic acids is 1. The van der Waals surface area contributed by atoms with Crippen LogP contribution in [0, 0.1) is 12.8 Å². The number of rotatable bonds is 5. The molecule has 4 rings (SSSR count). The Hall–Kier alpha value is -2.22. The fourth-order valence-electron chi connectivity index (χ4n) is 4.83. The van der Waals surface area contributed by atoms with Gasteiger partial charge in [0.05, 0.1) is 16.5 Å². The van der Waals surface area contributed by atoms with E-state index >= 15 is 0 Å². The highest BCUT2D eigenvalue weighted by Gasteiger charge is 2.32. The van der Waals surface area contributed by atoms with Crippen LogP contribution in [-0.2, 0) is 31.0 Å². The van der Waals surface area contributed by atoms with Crippen molar-refractivity contribution in [1.29, 1.82) is 0 Å². The highest BCUT2D eigenvalue weighted by molar-refractivity contribution is 6.36. The lowest BCUT2D eigenvalue weighted by atomic mass is 9.96. The molecule has 1 N–H and O–H groups in total. The van der Waals surface area contributed by atoms with Crippen LogP contribution >= 0.6 is 23.2 Å². The van der Waals surface area contributed by atoms with Crippen molar-refractivity contribution >= 4 is 40.1 Å². The van der Waals surface area contributed by atoms with E-state index in [1.54, 1.807) is 24.6 Å². The van der Waals surface area contributed by atoms with Crippen LogP contribution in [-0.4, -0.2) is 33.6 Å². The van der Waals surface area contributed by atoms with E-state index in [1.165, 1.54) is 12.1 Å². The van der Waals surface area contributed by atoms with Crippen LogP contribution in [0.15, 0.2) is 30.5 Å². The summed E-state index contributed by atoms with van der Waals surface area (Å²) in [7, 11) is 1.73. The second-order valence-electron chi connectivity index (χ2n) is 9.01. The topological polar surface area (TPSA) is 45.5 Å². The number of carboxylic acid groups (broad SMARTS) is 1. The van der Waals surface area contributed by atoms with Crippen molar-refractivity contribution in [2.75, 3.05) is 13.1 Å². The van der Waals surface area contributed by atoms with Gasteiger partial charge in [0, 0.05) is 42.1 Å². The molecule has 0 radical (unpaired) electrons. The molecule has 0 saturated carbocycles.